The van der Waals surface area contributed by atoms with Crippen LogP contribution in [0, 0.1) is 0 Å². The quantitative estimate of drug-likeness (QED) is 0.444. The van der Waals surface area contributed by atoms with Gasteiger partial charge in [0.15, 0.2) is 11.1 Å². The minimum absolute atomic E-state index is 0.128. The van der Waals surface area contributed by atoms with Gasteiger partial charge < -0.3 is 25.0 Å². The maximum atomic E-state index is 11.9. The van der Waals surface area contributed by atoms with E-state index in [0.717, 1.165) is 12.8 Å². The second-order valence-electron chi connectivity index (χ2n) is 6.93. The molecule has 0 aliphatic carbocycles. The van der Waals surface area contributed by atoms with Gasteiger partial charge in [0.1, 0.15) is 6.04 Å². The molecule has 1 aliphatic heterocycles. The summed E-state index contributed by atoms with van der Waals surface area (Å²) in [6.07, 6.45) is 3.20. The highest BCUT2D eigenvalue weighted by molar-refractivity contribution is 7.79. The van der Waals surface area contributed by atoms with Gasteiger partial charge in [-0.25, -0.2) is 14.2 Å². The van der Waals surface area contributed by atoms with E-state index in [0.29, 0.717) is 41.0 Å². The fraction of sp³-hybridized carbons (Fsp3) is 0.421. The molecule has 3 rings (SSSR count). The number of carboxylic acids is 1. The standard InChI is InChI=1S/C19H23ClN4O5S/c1-11(18(25)26)21-9-13-3-2-12(8-16(13)30(27)28)17-15(20)10-22-19(24-17)23-14-4-6-29-7-5-14/h2-3,8,10-11,14,21H,4-7,9H2,1H3,(H,25,26)(H,27,28)(H,22,23,24)/t11-/m1/s1. The average Bonchev–Trinajstić information content (AvgIpc) is 2.74. The third kappa shape index (κ3) is 5.73. The highest BCUT2D eigenvalue weighted by Gasteiger charge is 2.18. The Kier molecular flexibility index (Phi) is 7.73. The maximum Gasteiger partial charge on any atom is 0.320 e. The van der Waals surface area contributed by atoms with Crippen molar-refractivity contribution in [2.24, 2.45) is 0 Å². The molecule has 1 fully saturated rings. The normalized spacial score (nSPS) is 16.8. The van der Waals surface area contributed by atoms with E-state index in [1.807, 2.05) is 0 Å². The van der Waals surface area contributed by atoms with Gasteiger partial charge in [-0.3, -0.25) is 4.79 Å². The summed E-state index contributed by atoms with van der Waals surface area (Å²) >= 11 is 4.02. The molecule has 4 N–H and O–H groups in total. The Labute approximate surface area is 181 Å². The fourth-order valence-electron chi connectivity index (χ4n) is 3.02. The number of carbonyl (C=O) groups is 1. The number of carboxylic acid groups (broad SMARTS) is 1. The number of hydrogen-bond donors (Lipinski definition) is 4. The molecule has 0 bridgehead atoms. The largest absolute Gasteiger partial charge is 0.480 e. The highest BCUT2D eigenvalue weighted by atomic mass is 35.5. The average molecular weight is 455 g/mol. The molecule has 2 atom stereocenters. The number of aliphatic carboxylic acids is 1. The molecular formula is C19H23ClN4O5S. The van der Waals surface area contributed by atoms with Gasteiger partial charge in [-0.05, 0) is 31.4 Å². The van der Waals surface area contributed by atoms with E-state index in [2.05, 4.69) is 20.6 Å². The molecule has 1 saturated heterocycles. The lowest BCUT2D eigenvalue weighted by Gasteiger charge is -2.23. The summed E-state index contributed by atoms with van der Waals surface area (Å²) in [6.45, 7) is 2.99. The third-order valence-electron chi connectivity index (χ3n) is 4.80. The van der Waals surface area contributed by atoms with Gasteiger partial charge in [0.05, 0.1) is 21.8 Å². The van der Waals surface area contributed by atoms with Crippen molar-refractivity contribution in [2.45, 2.75) is 43.3 Å². The zero-order chi connectivity index (χ0) is 21.7. The van der Waals surface area contributed by atoms with Gasteiger partial charge in [0.2, 0.25) is 5.95 Å². The van der Waals surface area contributed by atoms with Gasteiger partial charge >= 0.3 is 5.97 Å². The molecule has 1 aromatic carbocycles. The SMILES string of the molecule is C[C@@H](NCc1ccc(-c2nc(NC3CCOCC3)ncc2Cl)cc1S(=O)O)C(=O)O. The molecule has 9 nitrogen and oxygen atoms in total. The molecule has 2 aromatic rings. The van der Waals surface area contributed by atoms with Gasteiger partial charge in [-0.2, -0.15) is 0 Å². The highest BCUT2D eigenvalue weighted by Crippen LogP contribution is 2.29. The third-order valence-corrected chi connectivity index (χ3v) is 5.83. The first kappa shape index (κ1) is 22.6. The van der Waals surface area contributed by atoms with E-state index in [1.165, 1.54) is 19.2 Å². The van der Waals surface area contributed by atoms with E-state index < -0.39 is 23.1 Å². The lowest BCUT2D eigenvalue weighted by Crippen LogP contribution is -2.33. The van der Waals surface area contributed by atoms with Crippen LogP contribution in [0.5, 0.6) is 0 Å². The summed E-state index contributed by atoms with van der Waals surface area (Å²) in [6, 6.07) is 4.33. The van der Waals surface area contributed by atoms with Crippen LogP contribution in [-0.4, -0.2) is 55.1 Å². The van der Waals surface area contributed by atoms with E-state index in [-0.39, 0.29) is 17.5 Å². The van der Waals surface area contributed by atoms with Crippen LogP contribution in [0.15, 0.2) is 29.3 Å². The molecule has 1 aliphatic rings. The number of ether oxygens (including phenoxy) is 1. The molecule has 1 aromatic heterocycles. The Bertz CT molecular complexity index is 939. The first-order valence-corrected chi connectivity index (χ1v) is 10.9. The topological polar surface area (TPSA) is 134 Å². The van der Waals surface area contributed by atoms with Crippen molar-refractivity contribution in [3.63, 3.8) is 0 Å². The maximum absolute atomic E-state index is 11.9. The Balaban J connectivity index is 1.85. The Morgan fingerprint density at radius 3 is 2.80 bits per heavy atom. The molecule has 1 unspecified atom stereocenters. The molecule has 30 heavy (non-hydrogen) atoms. The monoisotopic (exact) mass is 454 g/mol. The molecular weight excluding hydrogens is 432 g/mol. The van der Waals surface area contributed by atoms with Crippen LogP contribution in [0.1, 0.15) is 25.3 Å². The van der Waals surface area contributed by atoms with Crippen molar-refractivity contribution in [3.8, 4) is 11.3 Å². The van der Waals surface area contributed by atoms with Crippen LogP contribution < -0.4 is 10.6 Å². The molecule has 0 radical (unpaired) electrons. The van der Waals surface area contributed by atoms with Crippen molar-refractivity contribution in [2.75, 3.05) is 18.5 Å². The van der Waals surface area contributed by atoms with Gasteiger partial charge in [-0.15, -0.1) is 0 Å². The number of halogens is 1. The molecule has 0 spiro atoms. The van der Waals surface area contributed by atoms with Crippen LogP contribution in [0.2, 0.25) is 5.02 Å². The van der Waals surface area contributed by atoms with Crippen LogP contribution in [0.3, 0.4) is 0 Å². The van der Waals surface area contributed by atoms with Gasteiger partial charge in [0.25, 0.3) is 0 Å². The number of aromatic nitrogens is 2. The van der Waals surface area contributed by atoms with Gasteiger partial charge in [-0.1, -0.05) is 23.7 Å². The number of hydrogen-bond acceptors (Lipinski definition) is 7. The number of nitrogens with one attached hydrogen (secondary N) is 2. The second kappa shape index (κ2) is 10.3. The van der Waals surface area contributed by atoms with Crippen molar-refractivity contribution in [1.29, 1.82) is 0 Å². The number of rotatable bonds is 8. The second-order valence-corrected chi connectivity index (χ2v) is 8.28. The van der Waals surface area contributed by atoms with Crippen LogP contribution in [0.4, 0.5) is 5.95 Å². The van der Waals surface area contributed by atoms with Crippen molar-refractivity contribution >= 4 is 34.6 Å². The summed E-state index contributed by atoms with van der Waals surface area (Å²) in [5, 5.41) is 15.4. The summed E-state index contributed by atoms with van der Waals surface area (Å²) < 4.78 is 27.0. The predicted molar refractivity (Wildman–Crippen MR) is 113 cm³/mol. The lowest BCUT2D eigenvalue weighted by atomic mass is 10.1. The smallest absolute Gasteiger partial charge is 0.320 e. The number of benzene rings is 1. The molecule has 2 heterocycles. The lowest BCUT2D eigenvalue weighted by molar-refractivity contribution is -0.139. The minimum atomic E-state index is -2.27. The van der Waals surface area contributed by atoms with E-state index in [4.69, 9.17) is 21.4 Å². The van der Waals surface area contributed by atoms with Gasteiger partial charge in [0, 0.05) is 31.4 Å². The Hall–Kier alpha value is -2.11. The summed E-state index contributed by atoms with van der Waals surface area (Å²) in [7, 11) is 0. The first-order valence-electron chi connectivity index (χ1n) is 9.42. The Morgan fingerprint density at radius 1 is 1.40 bits per heavy atom. The summed E-state index contributed by atoms with van der Waals surface area (Å²) in [5.74, 6) is -0.579. The van der Waals surface area contributed by atoms with E-state index in [9.17, 15) is 13.6 Å². The fourth-order valence-corrected chi connectivity index (χ4v) is 3.82. The molecule has 11 heteroatoms. The molecule has 0 saturated carbocycles. The van der Waals surface area contributed by atoms with E-state index in [1.54, 1.807) is 12.1 Å². The van der Waals surface area contributed by atoms with Crippen LogP contribution in [0.25, 0.3) is 11.3 Å². The molecule has 162 valence electrons. The predicted octanol–water partition coefficient (Wildman–Crippen LogP) is 2.53. The van der Waals surface area contributed by atoms with E-state index >= 15 is 0 Å². The van der Waals surface area contributed by atoms with Crippen LogP contribution in [-0.2, 0) is 27.2 Å². The first-order chi connectivity index (χ1) is 14.3. The van der Waals surface area contributed by atoms with Crippen molar-refractivity contribution in [3.05, 3.63) is 35.0 Å². The molecule has 0 amide bonds. The summed E-state index contributed by atoms with van der Waals surface area (Å²) in [4.78, 5) is 19.9. The number of anilines is 1. The number of nitrogens with zero attached hydrogens (tertiary/aromatic N) is 2. The minimum Gasteiger partial charge on any atom is -0.480 e. The zero-order valence-corrected chi connectivity index (χ0v) is 17.9. The van der Waals surface area contributed by atoms with Crippen molar-refractivity contribution in [1.82, 2.24) is 15.3 Å². The van der Waals surface area contributed by atoms with Crippen LogP contribution >= 0.6 is 11.6 Å². The van der Waals surface area contributed by atoms with Crippen molar-refractivity contribution < 1.29 is 23.4 Å². The zero-order valence-electron chi connectivity index (χ0n) is 16.3. The Morgan fingerprint density at radius 2 is 2.13 bits per heavy atom. The summed E-state index contributed by atoms with van der Waals surface area (Å²) in [5.41, 5.74) is 1.51.